The molecule has 0 aliphatic carbocycles. The number of hydrogen-bond acceptors (Lipinski definition) is 4. The van der Waals surface area contributed by atoms with E-state index >= 15 is 0 Å². The van der Waals surface area contributed by atoms with Gasteiger partial charge < -0.3 is 14.6 Å². The van der Waals surface area contributed by atoms with Crippen LogP contribution in [0.5, 0.6) is 11.5 Å². The van der Waals surface area contributed by atoms with E-state index in [-0.39, 0.29) is 11.7 Å². The number of carbonyl (C=O) groups is 1. The van der Waals surface area contributed by atoms with Crippen LogP contribution in [-0.4, -0.2) is 23.8 Å². The number of aromatic hydroxyl groups is 1. The van der Waals surface area contributed by atoms with Crippen molar-refractivity contribution in [2.75, 3.05) is 7.11 Å². The second-order valence-electron chi connectivity index (χ2n) is 6.60. The average Bonchev–Trinajstić information content (AvgIpc) is 2.43. The predicted octanol–water partition coefficient (Wildman–Crippen LogP) is 4.23. The normalized spacial score (nSPS) is 19.3. The van der Waals surface area contributed by atoms with E-state index < -0.39 is 5.60 Å². The smallest absolute Gasteiger partial charge is 0.342 e. The number of rotatable bonds is 1. The lowest BCUT2D eigenvalue weighted by Gasteiger charge is -2.27. The van der Waals surface area contributed by atoms with Gasteiger partial charge in [-0.25, -0.2) is 4.79 Å². The van der Waals surface area contributed by atoms with Gasteiger partial charge in [-0.2, -0.15) is 0 Å². The van der Waals surface area contributed by atoms with Crippen molar-refractivity contribution >= 4 is 5.97 Å². The molecule has 1 heterocycles. The highest BCUT2D eigenvalue weighted by Gasteiger charge is 2.27. The summed E-state index contributed by atoms with van der Waals surface area (Å²) in [6, 6.07) is 3.12. The van der Waals surface area contributed by atoms with Gasteiger partial charge in [0.1, 0.15) is 22.7 Å². The van der Waals surface area contributed by atoms with Crippen LogP contribution < -0.4 is 4.74 Å². The number of methoxy groups -OCH3 is 1. The third-order valence-electron chi connectivity index (χ3n) is 4.19. The molecule has 22 heavy (non-hydrogen) atoms. The zero-order chi connectivity index (χ0) is 16.2. The summed E-state index contributed by atoms with van der Waals surface area (Å²) in [5, 5.41) is 9.85. The molecule has 0 amide bonds. The maximum absolute atomic E-state index is 12.6. The van der Waals surface area contributed by atoms with E-state index in [1.165, 1.54) is 19.6 Å². The quantitative estimate of drug-likeness (QED) is 0.789. The Morgan fingerprint density at radius 2 is 1.82 bits per heavy atom. The Morgan fingerprint density at radius 3 is 2.55 bits per heavy atom. The van der Waals surface area contributed by atoms with Gasteiger partial charge in [-0.1, -0.05) is 19.3 Å². The molecule has 4 nitrogen and oxygen atoms in total. The molecule has 1 N–H and O–H groups in total. The van der Waals surface area contributed by atoms with Crippen LogP contribution in [0.25, 0.3) is 0 Å². The van der Waals surface area contributed by atoms with Gasteiger partial charge in [0, 0.05) is 6.07 Å². The number of fused-ring (bicyclic) bond motifs is 1. The van der Waals surface area contributed by atoms with Crippen molar-refractivity contribution in [3.63, 3.8) is 0 Å². The Morgan fingerprint density at radius 1 is 1.14 bits per heavy atom. The van der Waals surface area contributed by atoms with Crippen molar-refractivity contribution in [3.05, 3.63) is 23.3 Å². The lowest BCUT2D eigenvalue weighted by molar-refractivity contribution is -0.00597. The van der Waals surface area contributed by atoms with Gasteiger partial charge in [0.15, 0.2) is 0 Å². The molecular weight excluding hydrogens is 280 g/mol. The lowest BCUT2D eigenvalue weighted by atomic mass is 9.95. The molecule has 122 valence electrons. The molecule has 1 aromatic carbocycles. The van der Waals surface area contributed by atoms with Gasteiger partial charge >= 0.3 is 5.97 Å². The van der Waals surface area contributed by atoms with Gasteiger partial charge in [0.25, 0.3) is 0 Å². The van der Waals surface area contributed by atoms with Crippen LogP contribution in [0.2, 0.25) is 0 Å². The minimum atomic E-state index is -0.490. The van der Waals surface area contributed by atoms with Crippen molar-refractivity contribution in [2.45, 2.75) is 64.4 Å². The number of esters is 1. The second kappa shape index (κ2) is 7.03. The largest absolute Gasteiger partial charge is 0.508 e. The van der Waals surface area contributed by atoms with Gasteiger partial charge in [-0.05, 0) is 51.2 Å². The number of ether oxygens (including phenoxy) is 2. The Labute approximate surface area is 132 Å². The Bertz CT molecular complexity index is 534. The fourth-order valence-electron chi connectivity index (χ4n) is 3.00. The fourth-order valence-corrected chi connectivity index (χ4v) is 3.00. The fraction of sp³-hybridized carbons (Fsp3) is 0.611. The molecule has 0 saturated carbocycles. The first-order chi connectivity index (χ1) is 10.4. The van der Waals surface area contributed by atoms with E-state index in [9.17, 15) is 9.90 Å². The van der Waals surface area contributed by atoms with Crippen LogP contribution >= 0.6 is 0 Å². The third-order valence-corrected chi connectivity index (χ3v) is 4.19. The Balaban J connectivity index is 2.40. The number of hydrogen-bond donors (Lipinski definition) is 1. The number of benzene rings is 1. The molecular formula is C18H26O4. The molecule has 1 aliphatic heterocycles. The van der Waals surface area contributed by atoms with E-state index in [1.807, 2.05) is 13.8 Å². The summed E-state index contributed by atoms with van der Waals surface area (Å²) in [5.74, 6) is 0.139. The van der Waals surface area contributed by atoms with Crippen molar-refractivity contribution in [3.8, 4) is 11.5 Å². The average molecular weight is 306 g/mol. The maximum atomic E-state index is 12.6. The van der Waals surface area contributed by atoms with Crippen molar-refractivity contribution in [1.29, 1.82) is 0 Å². The van der Waals surface area contributed by atoms with E-state index in [2.05, 4.69) is 0 Å². The monoisotopic (exact) mass is 306 g/mol. The number of carbonyl (C=O) groups excluding carboxylic acids is 1. The van der Waals surface area contributed by atoms with E-state index in [1.54, 1.807) is 6.07 Å². The summed E-state index contributed by atoms with van der Waals surface area (Å²) in [5.41, 5.74) is 0.767. The van der Waals surface area contributed by atoms with Gasteiger partial charge in [-0.3, -0.25) is 0 Å². The molecule has 2 rings (SSSR count). The predicted molar refractivity (Wildman–Crippen MR) is 85.6 cm³/mol. The van der Waals surface area contributed by atoms with Gasteiger partial charge in [0.2, 0.25) is 0 Å². The Hall–Kier alpha value is -1.71. The van der Waals surface area contributed by atoms with E-state index in [0.29, 0.717) is 11.3 Å². The number of cyclic esters (lactones) is 1. The zero-order valence-corrected chi connectivity index (χ0v) is 13.8. The molecule has 0 aromatic heterocycles. The van der Waals surface area contributed by atoms with Crippen LogP contribution in [0.4, 0.5) is 0 Å². The van der Waals surface area contributed by atoms with Crippen molar-refractivity contribution < 1.29 is 19.4 Å². The van der Waals surface area contributed by atoms with Crippen molar-refractivity contribution in [2.24, 2.45) is 0 Å². The summed E-state index contributed by atoms with van der Waals surface area (Å²) < 4.78 is 11.0. The molecule has 0 radical (unpaired) electrons. The summed E-state index contributed by atoms with van der Waals surface area (Å²) in [6.07, 6.45) is 7.15. The van der Waals surface area contributed by atoms with Crippen LogP contribution in [0.15, 0.2) is 12.1 Å². The van der Waals surface area contributed by atoms with Gasteiger partial charge in [0.05, 0.1) is 7.11 Å². The molecule has 0 spiro atoms. The number of phenols is 1. The molecule has 1 aromatic rings. The minimum Gasteiger partial charge on any atom is -0.508 e. The van der Waals surface area contributed by atoms with Crippen LogP contribution in [0.3, 0.4) is 0 Å². The summed E-state index contributed by atoms with van der Waals surface area (Å²) in [6.45, 7) is 3.90. The number of phenolic OH excluding ortho intramolecular Hbond substituents is 1. The second-order valence-corrected chi connectivity index (χ2v) is 6.60. The molecule has 0 unspecified atom stereocenters. The first-order valence-corrected chi connectivity index (χ1v) is 8.06. The van der Waals surface area contributed by atoms with Crippen LogP contribution in [0, 0.1) is 0 Å². The zero-order valence-electron chi connectivity index (χ0n) is 13.8. The first kappa shape index (κ1) is 16.7. The third kappa shape index (κ3) is 4.15. The molecule has 0 atom stereocenters. The minimum absolute atomic E-state index is 0.120. The molecule has 1 aliphatic rings. The van der Waals surface area contributed by atoms with E-state index in [4.69, 9.17) is 9.47 Å². The molecule has 0 fully saturated rings. The topological polar surface area (TPSA) is 55.8 Å². The SMILES string of the molecule is COc1cc(O)cc2c1C(=O)OC(C)(C)CCCCCCC2. The highest BCUT2D eigenvalue weighted by atomic mass is 16.6. The van der Waals surface area contributed by atoms with Crippen molar-refractivity contribution in [1.82, 2.24) is 0 Å². The Kier molecular flexibility index (Phi) is 5.33. The summed E-state index contributed by atoms with van der Waals surface area (Å²) in [7, 11) is 1.50. The number of aryl methyl sites for hydroxylation is 1. The molecule has 4 heteroatoms. The van der Waals surface area contributed by atoms with E-state index in [0.717, 1.165) is 44.1 Å². The van der Waals surface area contributed by atoms with Gasteiger partial charge in [-0.15, -0.1) is 0 Å². The highest BCUT2D eigenvalue weighted by molar-refractivity contribution is 5.95. The van der Waals surface area contributed by atoms with Crippen LogP contribution in [-0.2, 0) is 11.2 Å². The molecule has 0 bridgehead atoms. The standard InChI is InChI=1S/C18H26O4/c1-18(2)10-8-6-4-5-7-9-13-11-14(19)12-15(21-3)16(13)17(20)22-18/h11-12,19H,4-10H2,1-3H3. The summed E-state index contributed by atoms with van der Waals surface area (Å²) >= 11 is 0. The molecule has 0 saturated heterocycles. The maximum Gasteiger partial charge on any atom is 0.342 e. The van der Waals surface area contributed by atoms with Crippen LogP contribution in [0.1, 0.15) is 68.3 Å². The first-order valence-electron chi connectivity index (χ1n) is 8.06. The lowest BCUT2D eigenvalue weighted by Crippen LogP contribution is -2.29. The highest BCUT2D eigenvalue weighted by Crippen LogP contribution is 2.32. The summed E-state index contributed by atoms with van der Waals surface area (Å²) in [4.78, 5) is 12.6.